The molecule has 1 aromatic heterocycles. The molecule has 8 heteroatoms. The largest absolute Gasteiger partial charge is 0.408 e. The van der Waals surface area contributed by atoms with Crippen LogP contribution in [-0.2, 0) is 16.0 Å². The van der Waals surface area contributed by atoms with Crippen molar-refractivity contribution < 1.29 is 14.4 Å². The minimum atomic E-state index is -0.630. The summed E-state index contributed by atoms with van der Waals surface area (Å²) >= 11 is 5.67. The summed E-state index contributed by atoms with van der Waals surface area (Å²) in [6, 6.07) is 0. The number of nitro groups is 1. The zero-order valence-electron chi connectivity index (χ0n) is 9.63. The van der Waals surface area contributed by atoms with E-state index in [9.17, 15) is 10.1 Å². The van der Waals surface area contributed by atoms with Crippen molar-refractivity contribution in [3.63, 3.8) is 0 Å². The van der Waals surface area contributed by atoms with E-state index in [1.807, 2.05) is 13.8 Å². The number of rotatable bonds is 7. The lowest BCUT2D eigenvalue weighted by Gasteiger charge is -2.14. The summed E-state index contributed by atoms with van der Waals surface area (Å²) < 4.78 is 11.9. The van der Waals surface area contributed by atoms with Gasteiger partial charge in [0.1, 0.15) is 6.54 Å². The van der Waals surface area contributed by atoms with Crippen molar-refractivity contribution in [3.8, 4) is 0 Å². The number of aromatic nitrogens is 2. The zero-order chi connectivity index (χ0) is 12.8. The fourth-order valence-electron chi connectivity index (χ4n) is 1.28. The standard InChI is InChI=1S/C9H14ClN3O4/c1-3-16-8(17-4-2)6-12-5-7(10)9(11-12)13(14)15/h5,8H,3-4,6H2,1-2H3. The zero-order valence-corrected chi connectivity index (χ0v) is 10.4. The van der Waals surface area contributed by atoms with E-state index < -0.39 is 11.2 Å². The van der Waals surface area contributed by atoms with E-state index in [0.717, 1.165) is 0 Å². The van der Waals surface area contributed by atoms with Gasteiger partial charge in [-0.05, 0) is 18.8 Å². The molecular formula is C9H14ClN3O4. The first-order valence-electron chi connectivity index (χ1n) is 5.19. The average Bonchev–Trinajstić information content (AvgIpc) is 2.60. The van der Waals surface area contributed by atoms with Crippen LogP contribution in [0.25, 0.3) is 0 Å². The van der Waals surface area contributed by atoms with Crippen molar-refractivity contribution in [3.05, 3.63) is 21.3 Å². The van der Waals surface area contributed by atoms with Gasteiger partial charge in [-0.1, -0.05) is 11.6 Å². The molecule has 0 bridgehead atoms. The third kappa shape index (κ3) is 3.95. The molecule has 0 aliphatic heterocycles. The van der Waals surface area contributed by atoms with E-state index in [1.54, 1.807) is 0 Å². The Kier molecular flexibility index (Phi) is 5.33. The summed E-state index contributed by atoms with van der Waals surface area (Å²) in [4.78, 5) is 9.93. The van der Waals surface area contributed by atoms with Gasteiger partial charge in [-0.2, -0.15) is 4.68 Å². The lowest BCUT2D eigenvalue weighted by molar-refractivity contribution is -0.389. The van der Waals surface area contributed by atoms with Crippen LogP contribution in [0.15, 0.2) is 6.20 Å². The summed E-state index contributed by atoms with van der Waals surface area (Å²) in [5.74, 6) is -0.363. The summed E-state index contributed by atoms with van der Waals surface area (Å²) in [6.45, 7) is 4.91. The molecule has 0 aromatic carbocycles. The molecule has 0 aliphatic rings. The highest BCUT2D eigenvalue weighted by Gasteiger charge is 2.21. The van der Waals surface area contributed by atoms with Crippen molar-refractivity contribution in [2.75, 3.05) is 13.2 Å². The van der Waals surface area contributed by atoms with Gasteiger partial charge in [0.25, 0.3) is 0 Å². The maximum absolute atomic E-state index is 10.6. The number of halogens is 1. The van der Waals surface area contributed by atoms with Crippen LogP contribution in [-0.4, -0.2) is 34.2 Å². The third-order valence-electron chi connectivity index (χ3n) is 1.91. The lowest BCUT2D eigenvalue weighted by atomic mass is 10.6. The maximum Gasteiger partial charge on any atom is 0.408 e. The Morgan fingerprint density at radius 2 is 2.12 bits per heavy atom. The van der Waals surface area contributed by atoms with E-state index >= 15 is 0 Å². The molecule has 96 valence electrons. The Balaban J connectivity index is 2.72. The van der Waals surface area contributed by atoms with E-state index in [1.165, 1.54) is 10.9 Å². The van der Waals surface area contributed by atoms with Crippen LogP contribution < -0.4 is 0 Å². The van der Waals surface area contributed by atoms with Gasteiger partial charge in [-0.25, -0.2) is 0 Å². The highest BCUT2D eigenvalue weighted by atomic mass is 35.5. The maximum atomic E-state index is 10.6. The van der Waals surface area contributed by atoms with Gasteiger partial charge in [-0.3, -0.25) is 0 Å². The average molecular weight is 264 g/mol. The minimum absolute atomic E-state index is 0.00162. The van der Waals surface area contributed by atoms with Crippen molar-refractivity contribution in [2.24, 2.45) is 0 Å². The number of nitrogens with zero attached hydrogens (tertiary/aromatic N) is 3. The first kappa shape index (κ1) is 13.9. The van der Waals surface area contributed by atoms with Crippen molar-refractivity contribution >= 4 is 17.4 Å². The second kappa shape index (κ2) is 6.53. The Bertz CT molecular complexity index is 376. The predicted octanol–water partition coefficient (Wildman–Crippen LogP) is 1.84. The van der Waals surface area contributed by atoms with E-state index in [4.69, 9.17) is 21.1 Å². The molecule has 0 saturated heterocycles. The first-order valence-corrected chi connectivity index (χ1v) is 5.56. The van der Waals surface area contributed by atoms with Crippen LogP contribution in [0.3, 0.4) is 0 Å². The Labute approximate surface area is 103 Å². The molecule has 0 spiro atoms. The molecule has 7 nitrogen and oxygen atoms in total. The molecule has 0 atom stereocenters. The SMILES string of the molecule is CCOC(Cn1cc(Cl)c([N+](=O)[O-])n1)OCC. The third-order valence-corrected chi connectivity index (χ3v) is 2.18. The van der Waals surface area contributed by atoms with E-state index in [2.05, 4.69) is 5.10 Å². The van der Waals surface area contributed by atoms with Gasteiger partial charge in [0.05, 0.1) is 11.3 Å². The molecule has 17 heavy (non-hydrogen) atoms. The van der Waals surface area contributed by atoms with Crippen LogP contribution in [0.1, 0.15) is 13.8 Å². The Morgan fingerprint density at radius 1 is 1.53 bits per heavy atom. The summed E-state index contributed by atoms with van der Waals surface area (Å²) in [6.07, 6.45) is 0.894. The van der Waals surface area contributed by atoms with Crippen molar-refractivity contribution in [1.82, 2.24) is 9.78 Å². The number of hydrogen-bond acceptors (Lipinski definition) is 5. The second-order valence-electron chi connectivity index (χ2n) is 3.12. The molecule has 1 heterocycles. The molecular weight excluding hydrogens is 250 g/mol. The number of hydrogen-bond donors (Lipinski definition) is 0. The Morgan fingerprint density at radius 3 is 2.53 bits per heavy atom. The lowest BCUT2D eigenvalue weighted by Crippen LogP contribution is -2.24. The molecule has 1 rings (SSSR count). The topological polar surface area (TPSA) is 79.4 Å². The molecule has 0 aliphatic carbocycles. The van der Waals surface area contributed by atoms with Gasteiger partial charge in [0.2, 0.25) is 0 Å². The molecule has 1 aromatic rings. The van der Waals surface area contributed by atoms with Crippen molar-refractivity contribution in [2.45, 2.75) is 26.7 Å². The van der Waals surface area contributed by atoms with Crippen LogP contribution in [0, 0.1) is 10.1 Å². The van der Waals surface area contributed by atoms with Gasteiger partial charge < -0.3 is 19.6 Å². The normalized spacial score (nSPS) is 11.1. The second-order valence-corrected chi connectivity index (χ2v) is 3.53. The predicted molar refractivity (Wildman–Crippen MR) is 60.9 cm³/mol. The van der Waals surface area contributed by atoms with Crippen molar-refractivity contribution in [1.29, 1.82) is 0 Å². The molecule has 0 N–H and O–H groups in total. The smallest absolute Gasteiger partial charge is 0.358 e. The van der Waals surface area contributed by atoms with Crippen LogP contribution in [0.5, 0.6) is 0 Å². The quantitative estimate of drug-likeness (QED) is 0.426. The fraction of sp³-hybridized carbons (Fsp3) is 0.667. The number of ether oxygens (including phenoxy) is 2. The fourth-order valence-corrected chi connectivity index (χ4v) is 1.50. The first-order chi connectivity index (χ1) is 8.08. The molecule has 0 fully saturated rings. The summed E-state index contributed by atoms with van der Waals surface area (Å²) in [5, 5.41) is 14.3. The highest BCUT2D eigenvalue weighted by Crippen LogP contribution is 2.21. The summed E-state index contributed by atoms with van der Waals surface area (Å²) in [5.41, 5.74) is 0. The Hall–Kier alpha value is -1.18. The molecule has 0 unspecified atom stereocenters. The van der Waals surface area contributed by atoms with Gasteiger partial charge in [0, 0.05) is 13.2 Å². The van der Waals surface area contributed by atoms with Crippen LogP contribution in [0.4, 0.5) is 5.82 Å². The summed E-state index contributed by atoms with van der Waals surface area (Å²) in [7, 11) is 0. The van der Waals surface area contributed by atoms with E-state index in [-0.39, 0.29) is 17.4 Å². The van der Waals surface area contributed by atoms with Crippen LogP contribution in [0.2, 0.25) is 5.02 Å². The van der Waals surface area contributed by atoms with Gasteiger partial charge in [-0.15, -0.1) is 0 Å². The minimum Gasteiger partial charge on any atom is -0.358 e. The monoisotopic (exact) mass is 263 g/mol. The highest BCUT2D eigenvalue weighted by molar-refractivity contribution is 6.32. The molecule has 0 saturated carbocycles. The molecule has 0 radical (unpaired) electrons. The molecule has 0 amide bonds. The van der Waals surface area contributed by atoms with E-state index in [0.29, 0.717) is 13.2 Å². The van der Waals surface area contributed by atoms with Gasteiger partial charge in [0.15, 0.2) is 11.3 Å². The van der Waals surface area contributed by atoms with Crippen LogP contribution >= 0.6 is 11.6 Å². The van der Waals surface area contributed by atoms with Gasteiger partial charge >= 0.3 is 5.82 Å².